The Morgan fingerprint density at radius 3 is 2.82 bits per heavy atom. The topological polar surface area (TPSA) is 35.2 Å². The quantitative estimate of drug-likeness (QED) is 0.881. The van der Waals surface area contributed by atoms with Gasteiger partial charge in [0, 0.05) is 18.6 Å². The zero-order chi connectivity index (χ0) is 12.5. The van der Waals surface area contributed by atoms with Gasteiger partial charge in [0.15, 0.2) is 0 Å². The van der Waals surface area contributed by atoms with Crippen molar-refractivity contribution in [1.29, 1.82) is 0 Å². The van der Waals surface area contributed by atoms with Crippen LogP contribution in [-0.4, -0.2) is 19.3 Å². The average Bonchev–Trinajstić information content (AvgIpc) is 2.66. The molecule has 0 radical (unpaired) electrons. The second-order valence-electron chi connectivity index (χ2n) is 4.74. The smallest absolute Gasteiger partial charge is 0.126 e. The van der Waals surface area contributed by atoms with Crippen LogP contribution >= 0.6 is 0 Å². The van der Waals surface area contributed by atoms with Gasteiger partial charge < -0.3 is 10.5 Å². The van der Waals surface area contributed by atoms with E-state index in [1.54, 1.807) is 0 Å². The molecule has 1 saturated heterocycles. The van der Waals surface area contributed by atoms with Crippen molar-refractivity contribution >= 4 is 0 Å². The Morgan fingerprint density at radius 1 is 1.47 bits per heavy atom. The van der Waals surface area contributed by atoms with Crippen molar-refractivity contribution in [1.82, 2.24) is 0 Å². The Bertz CT molecular complexity index is 410. The number of rotatable bonds is 3. The Labute approximate surface area is 99.8 Å². The van der Waals surface area contributed by atoms with Crippen LogP contribution in [0.4, 0.5) is 8.78 Å². The van der Waals surface area contributed by atoms with E-state index in [0.717, 1.165) is 18.6 Å². The highest BCUT2D eigenvalue weighted by Crippen LogP contribution is 2.37. The number of hydrogen-bond donors (Lipinski definition) is 1. The van der Waals surface area contributed by atoms with Gasteiger partial charge in [-0.05, 0) is 43.5 Å². The molecule has 1 aromatic carbocycles. The van der Waals surface area contributed by atoms with Crippen LogP contribution in [0.15, 0.2) is 18.2 Å². The van der Waals surface area contributed by atoms with Gasteiger partial charge in [0.1, 0.15) is 11.6 Å². The molecule has 94 valence electrons. The van der Waals surface area contributed by atoms with Gasteiger partial charge >= 0.3 is 0 Å². The zero-order valence-electron chi connectivity index (χ0n) is 9.88. The van der Waals surface area contributed by atoms with Crippen molar-refractivity contribution in [3.8, 4) is 0 Å². The summed E-state index contributed by atoms with van der Waals surface area (Å²) in [6.45, 7) is 3.00. The number of benzene rings is 1. The molecule has 1 aliphatic heterocycles. The first kappa shape index (κ1) is 12.5. The van der Waals surface area contributed by atoms with Crippen LogP contribution in [0.1, 0.15) is 18.9 Å². The van der Waals surface area contributed by atoms with E-state index < -0.39 is 5.82 Å². The highest BCUT2D eigenvalue weighted by Gasteiger charge is 2.40. The van der Waals surface area contributed by atoms with Crippen LogP contribution in [0.25, 0.3) is 0 Å². The normalized spacial score (nSPS) is 28.6. The fraction of sp³-hybridized carbons (Fsp3) is 0.538. The summed E-state index contributed by atoms with van der Waals surface area (Å²) in [6.07, 6.45) is 1.20. The molecule has 0 aromatic heterocycles. The monoisotopic (exact) mass is 241 g/mol. The summed E-state index contributed by atoms with van der Waals surface area (Å²) < 4.78 is 32.2. The molecular weight excluding hydrogens is 224 g/mol. The van der Waals surface area contributed by atoms with Gasteiger partial charge in [-0.3, -0.25) is 0 Å². The van der Waals surface area contributed by atoms with E-state index in [2.05, 4.69) is 0 Å². The minimum atomic E-state index is -0.417. The first-order valence-electron chi connectivity index (χ1n) is 5.83. The highest BCUT2D eigenvalue weighted by molar-refractivity contribution is 5.21. The van der Waals surface area contributed by atoms with Crippen LogP contribution in [0.5, 0.6) is 0 Å². The summed E-state index contributed by atoms with van der Waals surface area (Å²) in [5.41, 5.74) is 5.91. The second-order valence-corrected chi connectivity index (χ2v) is 4.74. The largest absolute Gasteiger partial charge is 0.378 e. The lowest BCUT2D eigenvalue weighted by Gasteiger charge is -2.31. The summed E-state index contributed by atoms with van der Waals surface area (Å²) in [7, 11) is 0. The highest BCUT2D eigenvalue weighted by atomic mass is 19.1. The molecule has 2 unspecified atom stereocenters. The van der Waals surface area contributed by atoms with E-state index in [1.807, 2.05) is 6.92 Å². The first-order valence-corrected chi connectivity index (χ1v) is 5.83. The lowest BCUT2D eigenvalue weighted by atomic mass is 9.76. The van der Waals surface area contributed by atoms with Crippen molar-refractivity contribution in [3.05, 3.63) is 35.4 Å². The molecule has 2 rings (SSSR count). The van der Waals surface area contributed by atoms with Crippen LogP contribution in [-0.2, 0) is 11.2 Å². The summed E-state index contributed by atoms with van der Waals surface area (Å²) in [4.78, 5) is 0. The molecule has 1 heterocycles. The van der Waals surface area contributed by atoms with Gasteiger partial charge in [-0.2, -0.15) is 0 Å². The van der Waals surface area contributed by atoms with Gasteiger partial charge in [-0.1, -0.05) is 0 Å². The Kier molecular flexibility index (Phi) is 3.45. The predicted molar refractivity (Wildman–Crippen MR) is 61.6 cm³/mol. The average molecular weight is 241 g/mol. The van der Waals surface area contributed by atoms with Crippen molar-refractivity contribution in [2.45, 2.75) is 25.9 Å². The van der Waals surface area contributed by atoms with E-state index >= 15 is 0 Å². The summed E-state index contributed by atoms with van der Waals surface area (Å²) in [5, 5.41) is 0. The summed E-state index contributed by atoms with van der Waals surface area (Å²) in [6, 6.07) is 3.54. The van der Waals surface area contributed by atoms with Gasteiger partial charge in [0.25, 0.3) is 0 Å². The third-order valence-corrected chi connectivity index (χ3v) is 3.79. The van der Waals surface area contributed by atoms with Crippen LogP contribution in [0.2, 0.25) is 0 Å². The van der Waals surface area contributed by atoms with E-state index in [0.29, 0.717) is 25.1 Å². The van der Waals surface area contributed by atoms with Gasteiger partial charge in [-0.15, -0.1) is 0 Å². The van der Waals surface area contributed by atoms with Crippen molar-refractivity contribution in [2.24, 2.45) is 11.1 Å². The number of halogens is 2. The second kappa shape index (κ2) is 4.70. The molecule has 0 spiro atoms. The van der Waals surface area contributed by atoms with Gasteiger partial charge in [0.2, 0.25) is 0 Å². The Balaban J connectivity index is 2.27. The van der Waals surface area contributed by atoms with E-state index in [1.165, 1.54) is 6.07 Å². The molecule has 0 bridgehead atoms. The minimum absolute atomic E-state index is 0.0184. The SMILES string of the molecule is CC1OCCC1(CN)Cc1cc(F)ccc1F. The molecule has 0 amide bonds. The van der Waals surface area contributed by atoms with Gasteiger partial charge in [-0.25, -0.2) is 8.78 Å². The third kappa shape index (κ3) is 2.33. The molecule has 1 fully saturated rings. The van der Waals surface area contributed by atoms with E-state index in [9.17, 15) is 8.78 Å². The van der Waals surface area contributed by atoms with Crippen LogP contribution in [0.3, 0.4) is 0 Å². The van der Waals surface area contributed by atoms with E-state index in [4.69, 9.17) is 10.5 Å². The predicted octanol–water partition coefficient (Wildman–Crippen LogP) is 2.26. The molecule has 2 N–H and O–H groups in total. The first-order chi connectivity index (χ1) is 8.07. The zero-order valence-corrected chi connectivity index (χ0v) is 9.88. The Morgan fingerprint density at radius 2 is 2.24 bits per heavy atom. The van der Waals surface area contributed by atoms with Crippen molar-refractivity contribution in [3.63, 3.8) is 0 Å². The molecule has 0 saturated carbocycles. The molecule has 1 aliphatic rings. The molecule has 17 heavy (non-hydrogen) atoms. The summed E-state index contributed by atoms with van der Waals surface area (Å²) in [5.74, 6) is -0.793. The number of nitrogens with two attached hydrogens (primary N) is 1. The molecule has 0 aliphatic carbocycles. The maximum absolute atomic E-state index is 13.6. The Hall–Kier alpha value is -1.00. The fourth-order valence-electron chi connectivity index (χ4n) is 2.45. The van der Waals surface area contributed by atoms with Crippen molar-refractivity contribution < 1.29 is 13.5 Å². The van der Waals surface area contributed by atoms with Crippen LogP contribution < -0.4 is 5.73 Å². The number of ether oxygens (including phenoxy) is 1. The van der Waals surface area contributed by atoms with Crippen LogP contribution in [0, 0.1) is 17.0 Å². The lowest BCUT2D eigenvalue weighted by Crippen LogP contribution is -2.39. The lowest BCUT2D eigenvalue weighted by molar-refractivity contribution is 0.0669. The molecule has 1 aromatic rings. The third-order valence-electron chi connectivity index (χ3n) is 3.79. The number of hydrogen-bond acceptors (Lipinski definition) is 2. The summed E-state index contributed by atoms with van der Waals surface area (Å²) >= 11 is 0. The molecular formula is C13H17F2NO. The molecule has 2 atom stereocenters. The van der Waals surface area contributed by atoms with Gasteiger partial charge in [0.05, 0.1) is 6.10 Å². The van der Waals surface area contributed by atoms with Crippen molar-refractivity contribution in [2.75, 3.05) is 13.2 Å². The molecule has 2 nitrogen and oxygen atoms in total. The maximum Gasteiger partial charge on any atom is 0.126 e. The maximum atomic E-state index is 13.6. The minimum Gasteiger partial charge on any atom is -0.378 e. The molecule has 4 heteroatoms. The standard InChI is InChI=1S/C13H17F2NO/c1-9-13(8-16,4-5-17-9)7-10-6-11(14)2-3-12(10)15/h2-3,6,9H,4-5,7-8,16H2,1H3. The van der Waals surface area contributed by atoms with E-state index in [-0.39, 0.29) is 17.3 Å². The fourth-order valence-corrected chi connectivity index (χ4v) is 2.45.